The van der Waals surface area contributed by atoms with Gasteiger partial charge in [-0.2, -0.15) is 0 Å². The zero-order chi connectivity index (χ0) is 7.40. The first-order valence-corrected chi connectivity index (χ1v) is 4.12. The van der Waals surface area contributed by atoms with Gasteiger partial charge in [-0.15, -0.1) is 0 Å². The SMILES string of the molecule is CNSc1ccccc1Cl. The Labute approximate surface area is 69.9 Å². The van der Waals surface area contributed by atoms with Crippen LogP contribution in [0.3, 0.4) is 0 Å². The van der Waals surface area contributed by atoms with E-state index in [1.165, 1.54) is 11.9 Å². The van der Waals surface area contributed by atoms with E-state index < -0.39 is 0 Å². The van der Waals surface area contributed by atoms with Crippen LogP contribution < -0.4 is 4.72 Å². The molecule has 1 nitrogen and oxygen atoms in total. The Morgan fingerprint density at radius 3 is 2.70 bits per heavy atom. The molecule has 0 saturated heterocycles. The smallest absolute Gasteiger partial charge is 0.0554 e. The van der Waals surface area contributed by atoms with Crippen molar-refractivity contribution in [1.82, 2.24) is 4.72 Å². The molecule has 1 N–H and O–H groups in total. The second-order valence-corrected chi connectivity index (χ2v) is 3.20. The minimum Gasteiger partial charge on any atom is -0.263 e. The van der Waals surface area contributed by atoms with Crippen molar-refractivity contribution in [3.63, 3.8) is 0 Å². The second kappa shape index (κ2) is 3.86. The highest BCUT2D eigenvalue weighted by atomic mass is 35.5. The van der Waals surface area contributed by atoms with Crippen LogP contribution in [-0.4, -0.2) is 7.05 Å². The predicted octanol–water partition coefficient (Wildman–Crippen LogP) is 2.57. The number of hydrogen-bond donors (Lipinski definition) is 1. The summed E-state index contributed by atoms with van der Waals surface area (Å²) in [5.41, 5.74) is 0. The third kappa shape index (κ3) is 1.90. The molecule has 0 aliphatic rings. The average molecular weight is 174 g/mol. The summed E-state index contributed by atoms with van der Waals surface area (Å²) in [5, 5.41) is 0.793. The highest BCUT2D eigenvalue weighted by Gasteiger charge is 1.95. The Balaban J connectivity index is 2.81. The third-order valence-electron chi connectivity index (χ3n) is 1.05. The van der Waals surface area contributed by atoms with Gasteiger partial charge in [0.25, 0.3) is 0 Å². The standard InChI is InChI=1S/C7H8ClNS/c1-9-10-7-5-3-2-4-6(7)8/h2-5,9H,1H3. The summed E-state index contributed by atoms with van der Waals surface area (Å²) < 4.78 is 2.96. The molecule has 3 heteroatoms. The van der Waals surface area contributed by atoms with Crippen molar-refractivity contribution in [2.75, 3.05) is 7.05 Å². The van der Waals surface area contributed by atoms with E-state index in [1.54, 1.807) is 0 Å². The molecule has 0 aliphatic heterocycles. The molecular formula is C7H8ClNS. The molecule has 0 aliphatic carbocycles. The zero-order valence-electron chi connectivity index (χ0n) is 5.60. The maximum absolute atomic E-state index is 5.84. The summed E-state index contributed by atoms with van der Waals surface area (Å²) in [4.78, 5) is 1.06. The van der Waals surface area contributed by atoms with E-state index in [9.17, 15) is 0 Å². The number of nitrogens with one attached hydrogen (secondary N) is 1. The largest absolute Gasteiger partial charge is 0.263 e. The normalized spacial score (nSPS) is 9.80. The lowest BCUT2D eigenvalue weighted by Gasteiger charge is -1.99. The van der Waals surface area contributed by atoms with Gasteiger partial charge >= 0.3 is 0 Å². The van der Waals surface area contributed by atoms with Gasteiger partial charge in [0, 0.05) is 4.90 Å². The fourth-order valence-electron chi connectivity index (χ4n) is 0.637. The van der Waals surface area contributed by atoms with Gasteiger partial charge in [0.15, 0.2) is 0 Å². The first-order chi connectivity index (χ1) is 4.84. The summed E-state index contributed by atoms with van der Waals surface area (Å²) in [6.07, 6.45) is 0. The highest BCUT2D eigenvalue weighted by molar-refractivity contribution is 7.97. The van der Waals surface area contributed by atoms with Gasteiger partial charge in [-0.05, 0) is 31.1 Å². The van der Waals surface area contributed by atoms with E-state index in [4.69, 9.17) is 11.6 Å². The monoisotopic (exact) mass is 173 g/mol. The number of halogens is 1. The molecule has 0 heterocycles. The summed E-state index contributed by atoms with van der Waals surface area (Å²) in [6, 6.07) is 7.73. The fourth-order valence-corrected chi connectivity index (χ4v) is 1.42. The van der Waals surface area contributed by atoms with Gasteiger partial charge in [0.2, 0.25) is 0 Å². The van der Waals surface area contributed by atoms with Crippen molar-refractivity contribution in [3.05, 3.63) is 29.3 Å². The van der Waals surface area contributed by atoms with Gasteiger partial charge < -0.3 is 0 Å². The second-order valence-electron chi connectivity index (χ2n) is 1.74. The van der Waals surface area contributed by atoms with E-state index >= 15 is 0 Å². The van der Waals surface area contributed by atoms with Crippen molar-refractivity contribution in [1.29, 1.82) is 0 Å². The maximum atomic E-state index is 5.84. The maximum Gasteiger partial charge on any atom is 0.0554 e. The molecule has 54 valence electrons. The van der Waals surface area contributed by atoms with Crippen LogP contribution in [0.15, 0.2) is 29.2 Å². The van der Waals surface area contributed by atoms with E-state index in [-0.39, 0.29) is 0 Å². The predicted molar refractivity (Wildman–Crippen MR) is 46.4 cm³/mol. The molecule has 0 fully saturated rings. The van der Waals surface area contributed by atoms with Crippen LogP contribution in [0.1, 0.15) is 0 Å². The Hall–Kier alpha value is -0.180. The van der Waals surface area contributed by atoms with Crippen LogP contribution in [0.2, 0.25) is 5.02 Å². The van der Waals surface area contributed by atoms with E-state index in [0.29, 0.717) is 0 Å². The third-order valence-corrected chi connectivity index (χ3v) is 2.27. The van der Waals surface area contributed by atoms with Crippen molar-refractivity contribution < 1.29 is 0 Å². The van der Waals surface area contributed by atoms with Crippen molar-refractivity contribution in [3.8, 4) is 0 Å². The Kier molecular flexibility index (Phi) is 3.06. The number of benzene rings is 1. The molecule has 0 atom stereocenters. The summed E-state index contributed by atoms with van der Waals surface area (Å²) in [5.74, 6) is 0. The Bertz CT molecular complexity index is 215. The van der Waals surface area contributed by atoms with Gasteiger partial charge in [0.05, 0.1) is 5.02 Å². The number of hydrogen-bond acceptors (Lipinski definition) is 2. The zero-order valence-corrected chi connectivity index (χ0v) is 7.17. The van der Waals surface area contributed by atoms with Crippen LogP contribution in [0.25, 0.3) is 0 Å². The number of rotatable bonds is 2. The van der Waals surface area contributed by atoms with E-state index in [2.05, 4.69) is 4.72 Å². The van der Waals surface area contributed by atoms with Crippen molar-refractivity contribution >= 4 is 23.5 Å². The fraction of sp³-hybridized carbons (Fsp3) is 0.143. The molecule has 1 rings (SSSR count). The molecule has 1 aromatic carbocycles. The van der Waals surface area contributed by atoms with E-state index in [1.807, 2.05) is 31.3 Å². The molecule has 0 unspecified atom stereocenters. The lowest BCUT2D eigenvalue weighted by molar-refractivity contribution is 1.28. The molecule has 0 saturated carbocycles. The molecule has 0 spiro atoms. The Morgan fingerprint density at radius 1 is 1.40 bits per heavy atom. The quantitative estimate of drug-likeness (QED) is 0.690. The summed E-state index contributed by atoms with van der Waals surface area (Å²) in [6.45, 7) is 0. The molecule has 1 aromatic rings. The van der Waals surface area contributed by atoms with Crippen LogP contribution in [0.5, 0.6) is 0 Å². The lowest BCUT2D eigenvalue weighted by atomic mass is 10.4. The average Bonchev–Trinajstić information content (AvgIpc) is 1.94. The molecule has 0 bridgehead atoms. The molecule has 0 aromatic heterocycles. The molecule has 0 radical (unpaired) electrons. The van der Waals surface area contributed by atoms with Gasteiger partial charge in [-0.3, -0.25) is 4.72 Å². The Morgan fingerprint density at radius 2 is 2.10 bits per heavy atom. The molecule has 0 amide bonds. The van der Waals surface area contributed by atoms with Crippen LogP contribution >= 0.6 is 23.5 Å². The van der Waals surface area contributed by atoms with Gasteiger partial charge in [0.1, 0.15) is 0 Å². The van der Waals surface area contributed by atoms with Crippen LogP contribution in [0, 0.1) is 0 Å². The van der Waals surface area contributed by atoms with Crippen LogP contribution in [0.4, 0.5) is 0 Å². The van der Waals surface area contributed by atoms with Gasteiger partial charge in [-0.1, -0.05) is 23.7 Å². The van der Waals surface area contributed by atoms with Crippen molar-refractivity contribution in [2.24, 2.45) is 0 Å². The van der Waals surface area contributed by atoms with Crippen molar-refractivity contribution in [2.45, 2.75) is 4.90 Å². The minimum atomic E-state index is 0.793. The van der Waals surface area contributed by atoms with E-state index in [0.717, 1.165) is 9.92 Å². The lowest BCUT2D eigenvalue weighted by Crippen LogP contribution is -1.90. The summed E-state index contributed by atoms with van der Waals surface area (Å²) in [7, 11) is 1.87. The topological polar surface area (TPSA) is 12.0 Å². The van der Waals surface area contributed by atoms with Crippen LogP contribution in [-0.2, 0) is 0 Å². The first-order valence-electron chi connectivity index (χ1n) is 2.92. The highest BCUT2D eigenvalue weighted by Crippen LogP contribution is 2.23. The minimum absolute atomic E-state index is 0.793. The summed E-state index contributed by atoms with van der Waals surface area (Å²) >= 11 is 7.36. The van der Waals surface area contributed by atoms with Gasteiger partial charge in [-0.25, -0.2) is 0 Å². The molecule has 10 heavy (non-hydrogen) atoms. The molecular weight excluding hydrogens is 166 g/mol. The first kappa shape index (κ1) is 7.92.